The highest BCUT2D eigenvalue weighted by molar-refractivity contribution is 6.09. The highest BCUT2D eigenvalue weighted by Crippen LogP contribution is 2.52. The Hall–Kier alpha value is -19.7. The Morgan fingerprint density at radius 1 is 0.247 bits per heavy atom. The summed E-state index contributed by atoms with van der Waals surface area (Å²) in [5.74, 6) is 2.87. The quantitative estimate of drug-likeness (QED) is 0.0875. The first-order valence-electron chi connectivity index (χ1n) is 50.8. The van der Waals surface area contributed by atoms with Crippen molar-refractivity contribution in [3.8, 4) is 151 Å². The van der Waals surface area contributed by atoms with E-state index in [1.54, 1.807) is 12.5 Å². The Kier molecular flexibility index (Phi) is 23.1. The molecule has 9 aromatic heterocycles. The van der Waals surface area contributed by atoms with Crippen molar-refractivity contribution in [2.45, 2.75) is 39.0 Å². The van der Waals surface area contributed by atoms with E-state index < -0.39 is 0 Å². The molecule has 150 heavy (non-hydrogen) atoms. The van der Waals surface area contributed by atoms with Crippen LogP contribution in [0.5, 0.6) is 0 Å². The lowest BCUT2D eigenvalue weighted by Crippen LogP contribution is -2.14. The molecule has 0 bridgehead atoms. The van der Waals surface area contributed by atoms with Gasteiger partial charge in [0.15, 0.2) is 11.2 Å². The Balaban J connectivity index is 0.000000101. The van der Waals surface area contributed by atoms with Crippen LogP contribution >= 0.6 is 0 Å². The first kappa shape index (κ1) is 90.3. The molecule has 14 nitrogen and oxygen atoms in total. The predicted octanol–water partition coefficient (Wildman–Crippen LogP) is 36.0. The molecule has 0 N–H and O–H groups in total. The first-order valence-corrected chi connectivity index (χ1v) is 50.8. The zero-order chi connectivity index (χ0) is 100. The third kappa shape index (κ3) is 16.6. The van der Waals surface area contributed by atoms with Crippen molar-refractivity contribution in [3.63, 3.8) is 0 Å². The minimum absolute atomic E-state index is 0.0559. The fourth-order valence-corrected chi connectivity index (χ4v) is 21.5. The van der Waals surface area contributed by atoms with Crippen molar-refractivity contribution in [2.75, 3.05) is 4.90 Å². The summed E-state index contributed by atoms with van der Waals surface area (Å²) in [7, 11) is 0. The highest BCUT2D eigenvalue weighted by atomic mass is 16.4. The van der Waals surface area contributed by atoms with Crippen LogP contribution in [0.25, 0.3) is 219 Å². The van der Waals surface area contributed by atoms with Gasteiger partial charge in [-0.3, -0.25) is 17.6 Å². The van der Waals surface area contributed by atoms with Gasteiger partial charge in [0.25, 0.3) is 0 Å². The number of oxazole rings is 4. The van der Waals surface area contributed by atoms with Gasteiger partial charge < -0.3 is 27.1 Å². The summed E-state index contributed by atoms with van der Waals surface area (Å²) in [6.45, 7) is 9.06. The van der Waals surface area contributed by atoms with Gasteiger partial charge in [0.2, 0.25) is 0 Å². The number of benzene rings is 19. The van der Waals surface area contributed by atoms with E-state index in [9.17, 15) is 0 Å². The fraction of sp³-hybridized carbons (Fsp3) is 0.0441. The maximum Gasteiger partial charge on any atom is 0.307 e. The summed E-state index contributed by atoms with van der Waals surface area (Å²) >= 11 is 0. The minimum Gasteiger partial charge on any atom is -0.432 e. The average molecular weight is 1940 g/mol. The molecular formula is C136H98N10O4. The smallest absolute Gasteiger partial charge is 0.307 e. The SMILES string of the molecule is CC(C)c1ccc(-c2c(-c3ccc(-c4ccccc4)cc3)nc3oc4ccccc4n23)cc1.CC1(C)c2ccccc2-c2ccc(-c3c(-c4ccc(-c5ccccc5)cc4)nc4occn34)cc21.c1ccc(-c2ccc(-c3nc4oc5ccccc5n4c3-c3ccc(N(c4ccccc4)c4ccccc4)cc3)cc2)cc1.c1ccc(-c2ccc(-c3nc4occn4c3-c3ccc(-n4c5ccccc5c5ccccc54)cc3)cc2)cc1. The lowest BCUT2D eigenvalue weighted by atomic mass is 9.82. The number of anilines is 3. The lowest BCUT2D eigenvalue weighted by Gasteiger charge is -2.25. The third-order valence-corrected chi connectivity index (χ3v) is 29.0. The van der Waals surface area contributed by atoms with Gasteiger partial charge in [0.1, 0.15) is 35.3 Å². The maximum absolute atomic E-state index is 6.23. The molecule has 716 valence electrons. The van der Waals surface area contributed by atoms with Crippen molar-refractivity contribution < 1.29 is 17.7 Å². The van der Waals surface area contributed by atoms with Crippen molar-refractivity contribution in [1.29, 1.82) is 0 Å². The number of fused-ring (bicyclic) bond motifs is 14. The van der Waals surface area contributed by atoms with Gasteiger partial charge in [-0.05, 0) is 169 Å². The van der Waals surface area contributed by atoms with Gasteiger partial charge in [-0.15, -0.1) is 0 Å². The summed E-state index contributed by atoms with van der Waals surface area (Å²) in [5, 5.41) is 2.52. The van der Waals surface area contributed by atoms with Crippen LogP contribution in [0.4, 0.5) is 17.1 Å². The lowest BCUT2D eigenvalue weighted by molar-refractivity contribution is 0.596. The summed E-state index contributed by atoms with van der Waals surface area (Å²) in [6.07, 6.45) is 7.26. The van der Waals surface area contributed by atoms with Crippen LogP contribution in [0.1, 0.15) is 50.3 Å². The molecule has 14 heteroatoms. The Morgan fingerprint density at radius 3 is 0.967 bits per heavy atom. The number of hydrogen-bond donors (Lipinski definition) is 0. The summed E-state index contributed by atoms with van der Waals surface area (Å²) < 4.78 is 34.5. The van der Waals surface area contributed by atoms with Crippen LogP contribution in [-0.2, 0) is 5.41 Å². The largest absolute Gasteiger partial charge is 0.432 e. The van der Waals surface area contributed by atoms with Crippen LogP contribution < -0.4 is 4.90 Å². The molecule has 29 rings (SSSR count). The molecule has 0 amide bonds. The summed E-state index contributed by atoms with van der Waals surface area (Å²) in [6, 6.07) is 172. The van der Waals surface area contributed by atoms with Gasteiger partial charge in [-0.25, -0.2) is 0 Å². The zero-order valence-electron chi connectivity index (χ0n) is 82.8. The maximum atomic E-state index is 6.23. The van der Waals surface area contributed by atoms with E-state index in [0.29, 0.717) is 29.3 Å². The number of para-hydroxylation sites is 8. The van der Waals surface area contributed by atoms with Crippen molar-refractivity contribution in [1.82, 2.24) is 42.1 Å². The third-order valence-electron chi connectivity index (χ3n) is 29.0. The molecule has 0 aliphatic heterocycles. The summed E-state index contributed by atoms with van der Waals surface area (Å²) in [4.78, 5) is 22.0. The van der Waals surface area contributed by atoms with Gasteiger partial charge in [0, 0.05) is 95.8 Å². The first-order chi connectivity index (χ1) is 74.0. The summed E-state index contributed by atoms with van der Waals surface area (Å²) in [5.41, 5.74) is 43.1. The van der Waals surface area contributed by atoms with E-state index >= 15 is 0 Å². The molecule has 19 aromatic carbocycles. The van der Waals surface area contributed by atoms with E-state index in [0.717, 1.165) is 135 Å². The van der Waals surface area contributed by atoms with E-state index in [1.807, 2.05) is 89.6 Å². The standard InChI is InChI=1S/C39H27N3O.C35H23N3O.C32H24N2O.C30H24N2O/c1-4-12-28(13-5-1)29-20-22-30(23-21-29)37-38(42-35-18-10-11-19-36(35)43-39(42)40-37)31-24-26-34(27-25-31)41(32-14-6-2-7-15-32)33-16-8-3-9-17-33;1-2-8-24(9-3-1)25-14-16-26(17-15-25)33-34(37-22-23-39-35(37)36-33)27-18-20-28(21-19-27)38-31-12-6-4-10-29(31)30-11-5-7-13-32(30)38;1-32(2)27-11-7-6-10-25(27)26-17-16-24(20-28(26)32)30-29(33-31-34(30)18-19-35-31)23-14-12-22(13-15-23)21-8-4-3-5-9-21;1-20(2)21-12-18-25(19-13-21)29-28(31-30-32(29)26-10-6-7-11-27(26)33-30)24-16-14-23(15-17-24)22-8-4-3-5-9-22/h1-27H;1-23H;3-20H,1-2H3;3-20H,1-2H3. The number of hydrogen-bond acceptors (Lipinski definition) is 9. The molecule has 1 aliphatic rings. The topological polar surface area (TPSA) is 130 Å². The molecule has 0 saturated carbocycles. The zero-order valence-corrected chi connectivity index (χ0v) is 82.8. The minimum atomic E-state index is -0.0559. The Morgan fingerprint density at radius 2 is 0.547 bits per heavy atom. The molecule has 0 spiro atoms. The fourth-order valence-electron chi connectivity index (χ4n) is 21.5. The molecule has 1 aliphatic carbocycles. The predicted molar refractivity (Wildman–Crippen MR) is 611 cm³/mol. The number of imidazole rings is 4. The van der Waals surface area contributed by atoms with Crippen LogP contribution in [0.3, 0.4) is 0 Å². The number of rotatable bonds is 17. The van der Waals surface area contributed by atoms with E-state index in [1.165, 1.54) is 94.1 Å². The molecule has 0 atom stereocenters. The van der Waals surface area contributed by atoms with E-state index in [2.05, 4.69) is 469 Å². The second-order valence-corrected chi connectivity index (χ2v) is 38.7. The molecule has 0 saturated heterocycles. The Bertz CT molecular complexity index is 9650. The molecule has 0 unspecified atom stereocenters. The van der Waals surface area contributed by atoms with Crippen LogP contribution in [0.2, 0.25) is 0 Å². The highest BCUT2D eigenvalue weighted by Gasteiger charge is 2.37. The van der Waals surface area contributed by atoms with Crippen LogP contribution in [-0.4, -0.2) is 42.1 Å². The molecule has 28 aromatic rings. The van der Waals surface area contributed by atoms with Gasteiger partial charge in [-0.1, -0.05) is 428 Å². The Labute approximate surface area is 866 Å². The van der Waals surface area contributed by atoms with Crippen molar-refractivity contribution in [2.24, 2.45) is 0 Å². The molecule has 9 heterocycles. The average Bonchev–Trinajstić information content (AvgIpc) is 1.58. The molecular weight excluding hydrogens is 1840 g/mol. The number of nitrogens with zero attached hydrogens (tertiary/aromatic N) is 10. The van der Waals surface area contributed by atoms with Crippen LogP contribution in [0.15, 0.2) is 534 Å². The normalized spacial score (nSPS) is 12.0. The molecule has 0 fully saturated rings. The monoisotopic (exact) mass is 1930 g/mol. The van der Waals surface area contributed by atoms with Crippen molar-refractivity contribution in [3.05, 3.63) is 533 Å². The van der Waals surface area contributed by atoms with Gasteiger partial charge >= 0.3 is 23.4 Å². The van der Waals surface area contributed by atoms with Crippen LogP contribution in [0, 0.1) is 0 Å². The molecule has 0 radical (unpaired) electrons. The van der Waals surface area contributed by atoms with E-state index in [4.69, 9.17) is 37.6 Å². The second-order valence-electron chi connectivity index (χ2n) is 38.7. The van der Waals surface area contributed by atoms with Gasteiger partial charge in [-0.2, -0.15) is 19.9 Å². The second kappa shape index (κ2) is 38.4. The van der Waals surface area contributed by atoms with Crippen molar-refractivity contribution >= 4 is 84.4 Å². The van der Waals surface area contributed by atoms with Gasteiger partial charge in [0.05, 0.1) is 44.8 Å². The van der Waals surface area contributed by atoms with E-state index in [-0.39, 0.29) is 5.41 Å². The number of aromatic nitrogens is 9.